The van der Waals surface area contributed by atoms with Gasteiger partial charge in [0.05, 0.1) is 12.8 Å². The molecule has 0 unspecified atom stereocenters. The molecule has 0 fully saturated rings. The summed E-state index contributed by atoms with van der Waals surface area (Å²) in [4.78, 5) is 0. The van der Waals surface area contributed by atoms with Gasteiger partial charge in [0, 0.05) is 12.1 Å². The van der Waals surface area contributed by atoms with E-state index in [0.29, 0.717) is 22.9 Å². The normalized spacial score (nSPS) is 11.2. The van der Waals surface area contributed by atoms with E-state index in [2.05, 4.69) is 20.6 Å². The number of benzene rings is 2. The molecule has 0 saturated carbocycles. The molecule has 0 amide bonds. The van der Waals surface area contributed by atoms with E-state index in [9.17, 15) is 8.78 Å². The molecule has 138 valence electrons. The van der Waals surface area contributed by atoms with Crippen LogP contribution in [0.1, 0.15) is 18.1 Å². The van der Waals surface area contributed by atoms with E-state index in [4.69, 9.17) is 17.0 Å². The lowest BCUT2D eigenvalue weighted by atomic mass is 10.1. The Balaban J connectivity index is 1.96. The highest BCUT2D eigenvalue weighted by Gasteiger charge is 2.12. The van der Waals surface area contributed by atoms with Gasteiger partial charge in [-0.3, -0.25) is 5.43 Å². The molecule has 0 aliphatic carbocycles. The Morgan fingerprint density at radius 3 is 2.54 bits per heavy atom. The first kappa shape index (κ1) is 19.6. The summed E-state index contributed by atoms with van der Waals surface area (Å²) in [7, 11) is 1.38. The second-order valence-electron chi connectivity index (χ2n) is 5.22. The van der Waals surface area contributed by atoms with Gasteiger partial charge in [-0.2, -0.15) is 13.9 Å². The van der Waals surface area contributed by atoms with Crippen molar-refractivity contribution in [2.24, 2.45) is 5.10 Å². The lowest BCUT2D eigenvalue weighted by Crippen LogP contribution is -2.32. The van der Waals surface area contributed by atoms with Gasteiger partial charge in [0.2, 0.25) is 0 Å². The number of nitrogens with one attached hydrogen (secondary N) is 2. The van der Waals surface area contributed by atoms with Gasteiger partial charge in [-0.05, 0) is 42.9 Å². The van der Waals surface area contributed by atoms with Crippen LogP contribution in [0.25, 0.3) is 0 Å². The summed E-state index contributed by atoms with van der Waals surface area (Å²) in [5, 5.41) is 7.61. The summed E-state index contributed by atoms with van der Waals surface area (Å²) in [6.07, 6.45) is 0. The van der Waals surface area contributed by atoms with Crippen LogP contribution in [0.3, 0.4) is 0 Å². The first-order chi connectivity index (χ1) is 12.5. The molecule has 0 bridgehead atoms. The second-order valence-corrected chi connectivity index (χ2v) is 5.63. The third-order valence-electron chi connectivity index (χ3n) is 3.42. The van der Waals surface area contributed by atoms with E-state index in [-0.39, 0.29) is 11.5 Å². The molecule has 0 aromatic heterocycles. The molecule has 2 aromatic rings. The van der Waals surface area contributed by atoms with Crippen molar-refractivity contribution in [1.29, 1.82) is 0 Å². The van der Waals surface area contributed by atoms with Crippen LogP contribution in [0.2, 0.25) is 0 Å². The second kappa shape index (κ2) is 9.67. The molecule has 2 N–H and O–H groups in total. The summed E-state index contributed by atoms with van der Waals surface area (Å²) < 4.78 is 34.2. The van der Waals surface area contributed by atoms with Crippen molar-refractivity contribution >= 4 is 23.0 Å². The van der Waals surface area contributed by atoms with Crippen LogP contribution in [-0.2, 0) is 6.54 Å². The van der Waals surface area contributed by atoms with E-state index >= 15 is 0 Å². The highest BCUT2D eigenvalue weighted by atomic mass is 32.1. The fourth-order valence-corrected chi connectivity index (χ4v) is 2.22. The van der Waals surface area contributed by atoms with Gasteiger partial charge in [-0.1, -0.05) is 30.3 Å². The molecular formula is C18H19F2N3O2S. The molecule has 8 heteroatoms. The van der Waals surface area contributed by atoms with Crippen molar-refractivity contribution < 1.29 is 18.3 Å². The number of hydrazone groups is 1. The summed E-state index contributed by atoms with van der Waals surface area (Å²) in [6.45, 7) is -0.580. The molecule has 0 saturated heterocycles. The third-order valence-corrected chi connectivity index (χ3v) is 3.65. The smallest absolute Gasteiger partial charge is 0.387 e. The maximum Gasteiger partial charge on any atom is 0.387 e. The summed E-state index contributed by atoms with van der Waals surface area (Å²) in [6, 6.07) is 14.4. The van der Waals surface area contributed by atoms with Gasteiger partial charge in [-0.15, -0.1) is 0 Å². The Hall–Kier alpha value is -2.74. The van der Waals surface area contributed by atoms with Crippen molar-refractivity contribution in [3.63, 3.8) is 0 Å². The summed E-state index contributed by atoms with van der Waals surface area (Å²) in [5.74, 6) is 0.161. The number of alkyl halides is 2. The monoisotopic (exact) mass is 379 g/mol. The largest absolute Gasteiger partial charge is 0.493 e. The lowest BCUT2D eigenvalue weighted by Gasteiger charge is -2.12. The maximum atomic E-state index is 12.4. The molecule has 0 aliphatic heterocycles. The fourth-order valence-electron chi connectivity index (χ4n) is 2.10. The van der Waals surface area contributed by atoms with Crippen LogP contribution in [-0.4, -0.2) is 24.5 Å². The number of hydrogen-bond acceptors (Lipinski definition) is 4. The number of rotatable bonds is 7. The predicted molar refractivity (Wildman–Crippen MR) is 101 cm³/mol. The standard InChI is InChI=1S/C18H19F2N3O2S/c1-12(14-8-9-15(25-17(19)20)16(10-14)24-2)22-23-18(26)21-11-13-6-4-3-5-7-13/h3-10,17H,11H2,1-2H3,(H2,21,23,26)/b22-12-. The van der Waals surface area contributed by atoms with E-state index in [1.165, 1.54) is 13.2 Å². The Morgan fingerprint density at radius 1 is 1.15 bits per heavy atom. The van der Waals surface area contributed by atoms with Crippen molar-refractivity contribution in [2.45, 2.75) is 20.1 Å². The Bertz CT molecular complexity index is 770. The van der Waals surface area contributed by atoms with Crippen molar-refractivity contribution in [2.75, 3.05) is 7.11 Å². The molecule has 0 heterocycles. The quantitative estimate of drug-likeness (QED) is 0.437. The van der Waals surface area contributed by atoms with Crippen LogP contribution in [0.5, 0.6) is 11.5 Å². The first-order valence-corrected chi connectivity index (χ1v) is 8.15. The number of nitrogens with zero attached hydrogens (tertiary/aromatic N) is 1. The van der Waals surface area contributed by atoms with Crippen LogP contribution in [0.4, 0.5) is 8.78 Å². The molecule has 5 nitrogen and oxygen atoms in total. The molecule has 0 spiro atoms. The van der Waals surface area contributed by atoms with E-state index in [1.54, 1.807) is 19.1 Å². The van der Waals surface area contributed by atoms with Gasteiger partial charge in [0.25, 0.3) is 0 Å². The number of halogens is 2. The van der Waals surface area contributed by atoms with Crippen LogP contribution in [0, 0.1) is 0 Å². The topological polar surface area (TPSA) is 54.9 Å². The van der Waals surface area contributed by atoms with Crippen molar-refractivity contribution in [3.8, 4) is 11.5 Å². The maximum absolute atomic E-state index is 12.4. The van der Waals surface area contributed by atoms with Crippen molar-refractivity contribution in [1.82, 2.24) is 10.7 Å². The van der Waals surface area contributed by atoms with Gasteiger partial charge in [0.15, 0.2) is 16.6 Å². The summed E-state index contributed by atoms with van der Waals surface area (Å²) >= 11 is 5.18. The molecule has 26 heavy (non-hydrogen) atoms. The Kier molecular flexibility index (Phi) is 7.28. The number of hydrogen-bond donors (Lipinski definition) is 2. The Labute approximate surface area is 156 Å². The van der Waals surface area contributed by atoms with Crippen LogP contribution < -0.4 is 20.2 Å². The Morgan fingerprint density at radius 2 is 1.88 bits per heavy atom. The van der Waals surface area contributed by atoms with Crippen LogP contribution >= 0.6 is 12.2 Å². The van der Waals surface area contributed by atoms with Crippen molar-refractivity contribution in [3.05, 3.63) is 59.7 Å². The number of methoxy groups -OCH3 is 1. The van der Waals surface area contributed by atoms with E-state index in [1.807, 2.05) is 30.3 Å². The zero-order valence-corrected chi connectivity index (χ0v) is 15.1. The molecule has 0 atom stereocenters. The average molecular weight is 379 g/mol. The minimum Gasteiger partial charge on any atom is -0.493 e. The molecular weight excluding hydrogens is 360 g/mol. The van der Waals surface area contributed by atoms with Gasteiger partial charge in [0.1, 0.15) is 0 Å². The predicted octanol–water partition coefficient (Wildman–Crippen LogP) is 3.68. The zero-order chi connectivity index (χ0) is 18.9. The minimum atomic E-state index is -2.92. The average Bonchev–Trinajstić information content (AvgIpc) is 2.65. The molecule has 0 radical (unpaired) electrons. The van der Waals surface area contributed by atoms with Crippen LogP contribution in [0.15, 0.2) is 53.6 Å². The van der Waals surface area contributed by atoms with Gasteiger partial charge < -0.3 is 14.8 Å². The SMILES string of the molecule is COc1cc(/C(C)=N\NC(=S)NCc2ccccc2)ccc1OC(F)F. The molecule has 0 aliphatic rings. The third kappa shape index (κ3) is 5.96. The highest BCUT2D eigenvalue weighted by molar-refractivity contribution is 7.80. The number of ether oxygens (including phenoxy) is 2. The lowest BCUT2D eigenvalue weighted by molar-refractivity contribution is -0.0512. The van der Waals surface area contributed by atoms with E-state index in [0.717, 1.165) is 5.56 Å². The zero-order valence-electron chi connectivity index (χ0n) is 14.3. The van der Waals surface area contributed by atoms with Gasteiger partial charge in [-0.25, -0.2) is 0 Å². The molecule has 2 aromatic carbocycles. The summed E-state index contributed by atoms with van der Waals surface area (Å²) in [5.41, 5.74) is 5.14. The first-order valence-electron chi connectivity index (χ1n) is 7.75. The fraction of sp³-hybridized carbons (Fsp3) is 0.222. The highest BCUT2D eigenvalue weighted by Crippen LogP contribution is 2.29. The van der Waals surface area contributed by atoms with E-state index < -0.39 is 6.61 Å². The number of thiocarbonyl (C=S) groups is 1. The molecule has 2 rings (SSSR count). The minimum absolute atomic E-state index is 0.0351. The van der Waals surface area contributed by atoms with Gasteiger partial charge >= 0.3 is 6.61 Å².